The summed E-state index contributed by atoms with van der Waals surface area (Å²) in [6.07, 6.45) is 0.542. The van der Waals surface area contributed by atoms with Gasteiger partial charge in [-0.25, -0.2) is 9.97 Å². The molecule has 0 saturated heterocycles. The molecule has 0 bridgehead atoms. The molecule has 2 N–H and O–H groups in total. The van der Waals surface area contributed by atoms with Crippen molar-refractivity contribution >= 4 is 27.0 Å². The molecule has 1 aromatic carbocycles. The van der Waals surface area contributed by atoms with E-state index in [2.05, 4.69) is 30.9 Å². The Morgan fingerprint density at radius 1 is 1.35 bits per heavy atom. The third-order valence-corrected chi connectivity index (χ3v) is 4.23. The maximum atomic E-state index is 9.08. The maximum Gasteiger partial charge on any atom is 0.112 e. The lowest BCUT2D eigenvalue weighted by Crippen LogP contribution is -2.00. The van der Waals surface area contributed by atoms with Gasteiger partial charge in [0.2, 0.25) is 0 Å². The predicted molar refractivity (Wildman–Crippen MR) is 81.5 cm³/mol. The molecule has 0 radical (unpaired) electrons. The lowest BCUT2D eigenvalue weighted by atomic mass is 10.1. The first kappa shape index (κ1) is 13.3. The molecule has 0 aliphatic heterocycles. The Hall–Kier alpha value is -1.66. The smallest absolute Gasteiger partial charge is 0.112 e. The van der Waals surface area contributed by atoms with Crippen LogP contribution < -0.4 is 0 Å². The Morgan fingerprint density at radius 3 is 2.90 bits per heavy atom. The summed E-state index contributed by atoms with van der Waals surface area (Å²) in [6, 6.07) is 6.05. The summed E-state index contributed by atoms with van der Waals surface area (Å²) in [5.74, 6) is 1.76. The molecule has 3 aromatic rings. The van der Waals surface area contributed by atoms with E-state index in [1.165, 1.54) is 0 Å². The van der Waals surface area contributed by atoms with Crippen molar-refractivity contribution in [2.24, 2.45) is 7.05 Å². The highest BCUT2D eigenvalue weighted by Crippen LogP contribution is 2.30. The van der Waals surface area contributed by atoms with Gasteiger partial charge in [-0.3, -0.25) is 0 Å². The second-order valence-corrected chi connectivity index (χ2v) is 5.51. The average Bonchev–Trinajstić information content (AvgIpc) is 2.92. The van der Waals surface area contributed by atoms with Crippen molar-refractivity contribution in [3.63, 3.8) is 0 Å². The Kier molecular flexibility index (Phi) is 3.35. The minimum absolute atomic E-state index is 0.0928. The maximum absolute atomic E-state index is 9.08. The van der Waals surface area contributed by atoms with Crippen molar-refractivity contribution < 1.29 is 5.11 Å². The minimum Gasteiger partial charge on any atom is -0.396 e. The largest absolute Gasteiger partial charge is 0.396 e. The number of nitrogens with one attached hydrogen (secondary N) is 1. The molecule has 3 rings (SSSR count). The number of imidazole rings is 2. The van der Waals surface area contributed by atoms with Crippen LogP contribution in [0, 0.1) is 6.92 Å². The van der Waals surface area contributed by atoms with E-state index < -0.39 is 0 Å². The van der Waals surface area contributed by atoms with Gasteiger partial charge < -0.3 is 14.7 Å². The summed E-state index contributed by atoms with van der Waals surface area (Å²) in [6.45, 7) is 2.03. The summed E-state index contributed by atoms with van der Waals surface area (Å²) in [5, 5.41) is 9.08. The quantitative estimate of drug-likeness (QED) is 0.773. The second kappa shape index (κ2) is 5.03. The molecular weight excluding hydrogens is 320 g/mol. The SMILES string of the molecule is Cc1nc2ccc(-c3nc(CCO)n(C)c3Br)cc2[nH]1. The summed E-state index contributed by atoms with van der Waals surface area (Å²) in [4.78, 5) is 12.2. The molecule has 5 nitrogen and oxygen atoms in total. The number of nitrogens with zero attached hydrogens (tertiary/aromatic N) is 3. The second-order valence-electron chi connectivity index (χ2n) is 4.75. The number of halogens is 1. The van der Waals surface area contributed by atoms with Crippen LogP contribution in [-0.2, 0) is 13.5 Å². The summed E-state index contributed by atoms with van der Waals surface area (Å²) < 4.78 is 2.87. The lowest BCUT2D eigenvalue weighted by molar-refractivity contribution is 0.295. The third-order valence-electron chi connectivity index (χ3n) is 3.33. The molecule has 0 fully saturated rings. The number of aliphatic hydroxyl groups is 1. The lowest BCUT2D eigenvalue weighted by Gasteiger charge is -2.00. The molecule has 0 atom stereocenters. The first-order valence-corrected chi connectivity index (χ1v) is 7.18. The van der Waals surface area contributed by atoms with Gasteiger partial charge in [-0.2, -0.15) is 0 Å². The van der Waals surface area contributed by atoms with Gasteiger partial charge in [0.1, 0.15) is 21.9 Å². The summed E-state index contributed by atoms with van der Waals surface area (Å²) in [5.41, 5.74) is 3.85. The van der Waals surface area contributed by atoms with E-state index in [0.29, 0.717) is 6.42 Å². The Morgan fingerprint density at radius 2 is 2.15 bits per heavy atom. The highest BCUT2D eigenvalue weighted by Gasteiger charge is 2.14. The van der Waals surface area contributed by atoms with Gasteiger partial charge >= 0.3 is 0 Å². The number of aryl methyl sites for hydroxylation is 1. The van der Waals surface area contributed by atoms with E-state index in [0.717, 1.165) is 38.5 Å². The van der Waals surface area contributed by atoms with Crippen molar-refractivity contribution in [1.82, 2.24) is 19.5 Å². The zero-order chi connectivity index (χ0) is 14.3. The number of fused-ring (bicyclic) bond motifs is 1. The van der Waals surface area contributed by atoms with Crippen LogP contribution in [0.3, 0.4) is 0 Å². The molecule has 6 heteroatoms. The number of hydrogen-bond acceptors (Lipinski definition) is 3. The normalized spacial score (nSPS) is 11.4. The molecule has 0 spiro atoms. The third kappa shape index (κ3) is 2.14. The molecule has 0 unspecified atom stereocenters. The van der Waals surface area contributed by atoms with Gasteiger partial charge in [-0.05, 0) is 35.0 Å². The molecular formula is C14H15BrN4O. The van der Waals surface area contributed by atoms with Crippen LogP contribution in [0.2, 0.25) is 0 Å². The predicted octanol–water partition coefficient (Wildman–Crippen LogP) is 2.57. The number of aliphatic hydroxyl groups excluding tert-OH is 1. The molecule has 104 valence electrons. The van der Waals surface area contributed by atoms with Gasteiger partial charge in [-0.15, -0.1) is 0 Å². The van der Waals surface area contributed by atoms with E-state index >= 15 is 0 Å². The molecule has 0 aliphatic rings. The van der Waals surface area contributed by atoms with Crippen molar-refractivity contribution in [3.8, 4) is 11.3 Å². The first-order valence-electron chi connectivity index (χ1n) is 6.39. The topological polar surface area (TPSA) is 66.7 Å². The van der Waals surface area contributed by atoms with Crippen LogP contribution in [0.5, 0.6) is 0 Å². The van der Waals surface area contributed by atoms with Crippen LogP contribution in [-0.4, -0.2) is 31.2 Å². The number of aromatic nitrogens is 4. The molecule has 2 heterocycles. The monoisotopic (exact) mass is 334 g/mol. The van der Waals surface area contributed by atoms with Crippen molar-refractivity contribution in [2.75, 3.05) is 6.61 Å². The van der Waals surface area contributed by atoms with E-state index in [1.54, 1.807) is 0 Å². The fraction of sp³-hybridized carbons (Fsp3) is 0.286. The van der Waals surface area contributed by atoms with Crippen LogP contribution in [0.15, 0.2) is 22.8 Å². The molecule has 20 heavy (non-hydrogen) atoms. The van der Waals surface area contributed by atoms with Gasteiger partial charge in [-0.1, -0.05) is 6.07 Å². The molecule has 2 aromatic heterocycles. The number of H-pyrrole nitrogens is 1. The zero-order valence-electron chi connectivity index (χ0n) is 11.3. The van der Waals surface area contributed by atoms with Crippen molar-refractivity contribution in [2.45, 2.75) is 13.3 Å². The molecule has 0 aliphatic carbocycles. The number of aromatic amines is 1. The Balaban J connectivity index is 2.12. The highest BCUT2D eigenvalue weighted by atomic mass is 79.9. The molecule has 0 saturated carbocycles. The summed E-state index contributed by atoms with van der Waals surface area (Å²) >= 11 is 3.57. The van der Waals surface area contributed by atoms with Crippen molar-refractivity contribution in [3.05, 3.63) is 34.5 Å². The van der Waals surface area contributed by atoms with Gasteiger partial charge in [0.05, 0.1) is 17.6 Å². The highest BCUT2D eigenvalue weighted by molar-refractivity contribution is 9.10. The van der Waals surface area contributed by atoms with E-state index in [9.17, 15) is 0 Å². The Labute approximate surface area is 124 Å². The van der Waals surface area contributed by atoms with Gasteiger partial charge in [0.25, 0.3) is 0 Å². The first-order chi connectivity index (χ1) is 9.60. The fourth-order valence-corrected chi connectivity index (χ4v) is 2.84. The van der Waals surface area contributed by atoms with E-state index in [1.807, 2.05) is 36.7 Å². The van der Waals surface area contributed by atoms with Gasteiger partial charge in [0, 0.05) is 19.0 Å². The average molecular weight is 335 g/mol. The van der Waals surface area contributed by atoms with Crippen LogP contribution in [0.4, 0.5) is 0 Å². The Bertz CT molecular complexity index is 775. The minimum atomic E-state index is 0.0928. The molecule has 0 amide bonds. The van der Waals surface area contributed by atoms with Gasteiger partial charge in [0.15, 0.2) is 0 Å². The van der Waals surface area contributed by atoms with Crippen molar-refractivity contribution in [1.29, 1.82) is 0 Å². The van der Waals surface area contributed by atoms with Crippen LogP contribution in [0.25, 0.3) is 22.3 Å². The number of rotatable bonds is 3. The summed E-state index contributed by atoms with van der Waals surface area (Å²) in [7, 11) is 1.93. The zero-order valence-corrected chi connectivity index (χ0v) is 12.9. The van der Waals surface area contributed by atoms with Crippen LogP contribution >= 0.6 is 15.9 Å². The number of hydrogen-bond donors (Lipinski definition) is 2. The van der Waals surface area contributed by atoms with Crippen LogP contribution in [0.1, 0.15) is 11.6 Å². The van der Waals surface area contributed by atoms with E-state index in [4.69, 9.17) is 5.11 Å². The standard InChI is InChI=1S/C14H15BrN4O/c1-8-16-10-4-3-9(7-11(10)17-8)13-14(15)19(2)12(18-13)5-6-20/h3-4,7,20H,5-6H2,1-2H3,(H,16,17). The fourth-order valence-electron chi connectivity index (χ4n) is 2.31. The number of benzene rings is 1. The van der Waals surface area contributed by atoms with E-state index in [-0.39, 0.29) is 6.61 Å².